The molecule has 0 aliphatic heterocycles. The third-order valence-electron chi connectivity index (χ3n) is 3.44. The number of nitrogens with zero attached hydrogens (tertiary/aromatic N) is 1. The van der Waals surface area contributed by atoms with Crippen LogP contribution in [0.2, 0.25) is 0 Å². The SMILES string of the molecule is CCOC(=O)c1cc(C)cc2c1cnc1cccc(O)c12. The van der Waals surface area contributed by atoms with Crippen LogP contribution in [0.4, 0.5) is 0 Å². The van der Waals surface area contributed by atoms with Gasteiger partial charge in [-0.05, 0) is 43.0 Å². The number of aromatic hydroxyl groups is 1. The summed E-state index contributed by atoms with van der Waals surface area (Å²) in [5, 5.41) is 12.3. The van der Waals surface area contributed by atoms with Crippen LogP contribution in [0.15, 0.2) is 36.5 Å². The first-order chi connectivity index (χ1) is 10.1. The molecule has 3 aromatic rings. The van der Waals surface area contributed by atoms with Crippen molar-refractivity contribution in [3.63, 3.8) is 0 Å². The Morgan fingerprint density at radius 1 is 1.29 bits per heavy atom. The maximum Gasteiger partial charge on any atom is 0.338 e. The number of rotatable bonds is 2. The van der Waals surface area contributed by atoms with Crippen LogP contribution in [0, 0.1) is 6.92 Å². The van der Waals surface area contributed by atoms with Crippen molar-refractivity contribution >= 4 is 27.6 Å². The molecule has 0 atom stereocenters. The van der Waals surface area contributed by atoms with Gasteiger partial charge in [0.15, 0.2) is 0 Å². The standard InChI is InChI=1S/C17H15NO3/c1-3-21-17(20)12-8-10(2)7-11-13(12)9-18-14-5-4-6-15(19)16(11)14/h4-9,19H,3H2,1-2H3. The van der Waals surface area contributed by atoms with E-state index in [1.165, 1.54) is 0 Å². The van der Waals surface area contributed by atoms with E-state index >= 15 is 0 Å². The molecule has 21 heavy (non-hydrogen) atoms. The molecule has 0 saturated heterocycles. The number of phenolic OH excluding ortho intramolecular Hbond substituents is 1. The largest absolute Gasteiger partial charge is 0.507 e. The van der Waals surface area contributed by atoms with Crippen LogP contribution in [0.1, 0.15) is 22.8 Å². The van der Waals surface area contributed by atoms with Crippen LogP contribution in [0.25, 0.3) is 21.7 Å². The summed E-state index contributed by atoms with van der Waals surface area (Å²) in [6.07, 6.45) is 1.66. The summed E-state index contributed by atoms with van der Waals surface area (Å²) in [6.45, 7) is 4.00. The lowest BCUT2D eigenvalue weighted by molar-refractivity contribution is 0.0528. The van der Waals surface area contributed by atoms with Gasteiger partial charge in [0.1, 0.15) is 5.75 Å². The first-order valence-electron chi connectivity index (χ1n) is 6.80. The zero-order valence-corrected chi connectivity index (χ0v) is 11.9. The maximum absolute atomic E-state index is 12.1. The fourth-order valence-electron chi connectivity index (χ4n) is 2.57. The van der Waals surface area contributed by atoms with Crippen molar-refractivity contribution < 1.29 is 14.6 Å². The second-order valence-electron chi connectivity index (χ2n) is 4.92. The Labute approximate surface area is 122 Å². The number of benzene rings is 2. The van der Waals surface area contributed by atoms with Crippen molar-refractivity contribution in [2.75, 3.05) is 6.61 Å². The Balaban J connectivity index is 2.42. The summed E-state index contributed by atoms with van der Waals surface area (Å²) >= 11 is 0. The topological polar surface area (TPSA) is 59.4 Å². The number of pyridine rings is 1. The predicted molar refractivity (Wildman–Crippen MR) is 81.6 cm³/mol. The summed E-state index contributed by atoms with van der Waals surface area (Å²) in [7, 11) is 0. The molecule has 4 nitrogen and oxygen atoms in total. The first-order valence-corrected chi connectivity index (χ1v) is 6.80. The normalized spacial score (nSPS) is 11.0. The number of aromatic nitrogens is 1. The predicted octanol–water partition coefficient (Wildman–Crippen LogP) is 3.58. The second-order valence-corrected chi connectivity index (χ2v) is 4.92. The Morgan fingerprint density at radius 2 is 2.10 bits per heavy atom. The van der Waals surface area contributed by atoms with Crippen LogP contribution in [-0.2, 0) is 4.74 Å². The number of aryl methyl sites for hydroxylation is 1. The summed E-state index contributed by atoms with van der Waals surface area (Å²) in [5.41, 5.74) is 2.11. The average molecular weight is 281 g/mol. The van der Waals surface area contributed by atoms with Gasteiger partial charge in [-0.25, -0.2) is 4.79 Å². The molecule has 0 aliphatic rings. The van der Waals surface area contributed by atoms with Crippen LogP contribution < -0.4 is 0 Å². The number of fused-ring (bicyclic) bond motifs is 3. The summed E-state index contributed by atoms with van der Waals surface area (Å²) in [4.78, 5) is 16.5. The molecule has 0 fully saturated rings. The third kappa shape index (κ3) is 2.18. The maximum atomic E-state index is 12.1. The Kier molecular flexibility index (Phi) is 3.22. The molecular formula is C17H15NO3. The number of hydrogen-bond donors (Lipinski definition) is 1. The van der Waals surface area contributed by atoms with E-state index in [-0.39, 0.29) is 11.7 Å². The van der Waals surface area contributed by atoms with Gasteiger partial charge in [-0.15, -0.1) is 0 Å². The fraction of sp³-hybridized carbons (Fsp3) is 0.176. The highest BCUT2D eigenvalue weighted by Gasteiger charge is 2.15. The summed E-state index contributed by atoms with van der Waals surface area (Å²) in [5.74, 6) is -0.214. The van der Waals surface area contributed by atoms with Gasteiger partial charge >= 0.3 is 5.97 Å². The number of hydrogen-bond acceptors (Lipinski definition) is 4. The zero-order valence-electron chi connectivity index (χ0n) is 11.9. The Hall–Kier alpha value is -2.62. The molecule has 3 rings (SSSR count). The van der Waals surface area contributed by atoms with Crippen molar-refractivity contribution in [3.05, 3.63) is 47.7 Å². The molecule has 106 valence electrons. The lowest BCUT2D eigenvalue weighted by Gasteiger charge is -2.10. The van der Waals surface area contributed by atoms with Gasteiger partial charge < -0.3 is 9.84 Å². The van der Waals surface area contributed by atoms with Gasteiger partial charge in [0.05, 0.1) is 17.7 Å². The molecule has 0 radical (unpaired) electrons. The molecule has 0 amide bonds. The number of carbonyl (C=O) groups excluding carboxylic acids is 1. The zero-order chi connectivity index (χ0) is 15.0. The quantitative estimate of drug-likeness (QED) is 0.576. The highest BCUT2D eigenvalue weighted by Crippen LogP contribution is 2.33. The molecule has 0 aliphatic carbocycles. The number of carbonyl (C=O) groups is 1. The average Bonchev–Trinajstić information content (AvgIpc) is 2.46. The van der Waals surface area contributed by atoms with Crippen molar-refractivity contribution in [2.45, 2.75) is 13.8 Å². The van der Waals surface area contributed by atoms with Gasteiger partial charge in [-0.1, -0.05) is 12.1 Å². The monoisotopic (exact) mass is 281 g/mol. The molecule has 0 unspecified atom stereocenters. The van der Waals surface area contributed by atoms with Gasteiger partial charge in [-0.2, -0.15) is 0 Å². The van der Waals surface area contributed by atoms with Gasteiger partial charge in [0.2, 0.25) is 0 Å². The van der Waals surface area contributed by atoms with E-state index in [0.29, 0.717) is 28.5 Å². The van der Waals surface area contributed by atoms with Crippen LogP contribution in [0.5, 0.6) is 5.75 Å². The number of ether oxygens (including phenoxy) is 1. The van der Waals surface area contributed by atoms with Gasteiger partial charge in [0.25, 0.3) is 0 Å². The van der Waals surface area contributed by atoms with Gasteiger partial charge in [-0.3, -0.25) is 4.98 Å². The molecule has 2 aromatic carbocycles. The molecule has 1 heterocycles. The summed E-state index contributed by atoms with van der Waals surface area (Å²) < 4.78 is 5.10. The highest BCUT2D eigenvalue weighted by molar-refractivity contribution is 6.14. The van der Waals surface area contributed by atoms with E-state index in [9.17, 15) is 9.90 Å². The van der Waals surface area contributed by atoms with Gasteiger partial charge in [0, 0.05) is 17.0 Å². The number of esters is 1. The van der Waals surface area contributed by atoms with E-state index in [4.69, 9.17) is 4.74 Å². The van der Waals surface area contributed by atoms with E-state index in [2.05, 4.69) is 4.98 Å². The summed E-state index contributed by atoms with van der Waals surface area (Å²) in [6, 6.07) is 8.94. The van der Waals surface area contributed by atoms with E-state index < -0.39 is 0 Å². The van der Waals surface area contributed by atoms with Crippen molar-refractivity contribution in [2.24, 2.45) is 0 Å². The fourth-order valence-corrected chi connectivity index (χ4v) is 2.57. The molecule has 4 heteroatoms. The van der Waals surface area contributed by atoms with Crippen LogP contribution in [-0.4, -0.2) is 22.7 Å². The van der Waals surface area contributed by atoms with Crippen molar-refractivity contribution in [1.82, 2.24) is 4.98 Å². The molecule has 0 saturated carbocycles. The lowest BCUT2D eigenvalue weighted by Crippen LogP contribution is -2.06. The first kappa shape index (κ1) is 13.4. The minimum Gasteiger partial charge on any atom is -0.507 e. The van der Waals surface area contributed by atoms with E-state index in [1.807, 2.05) is 19.1 Å². The number of phenols is 1. The molecule has 1 aromatic heterocycles. The molecule has 0 spiro atoms. The molecular weight excluding hydrogens is 266 g/mol. The third-order valence-corrected chi connectivity index (χ3v) is 3.44. The van der Waals surface area contributed by atoms with Crippen LogP contribution >= 0.6 is 0 Å². The lowest BCUT2D eigenvalue weighted by atomic mass is 9.99. The molecule has 0 bridgehead atoms. The molecule has 1 N–H and O–H groups in total. The Bertz CT molecular complexity index is 855. The minimum atomic E-state index is -0.372. The highest BCUT2D eigenvalue weighted by atomic mass is 16.5. The van der Waals surface area contributed by atoms with Crippen molar-refractivity contribution in [1.29, 1.82) is 0 Å². The van der Waals surface area contributed by atoms with E-state index in [0.717, 1.165) is 10.9 Å². The van der Waals surface area contributed by atoms with E-state index in [1.54, 1.807) is 31.3 Å². The minimum absolute atomic E-state index is 0.158. The Morgan fingerprint density at radius 3 is 2.86 bits per heavy atom. The van der Waals surface area contributed by atoms with Crippen LogP contribution in [0.3, 0.4) is 0 Å². The van der Waals surface area contributed by atoms with Crippen molar-refractivity contribution in [3.8, 4) is 5.75 Å². The smallest absolute Gasteiger partial charge is 0.338 e. The second kappa shape index (κ2) is 5.05.